The second-order valence-corrected chi connectivity index (χ2v) is 5.52. The minimum absolute atomic E-state index is 0. The molecule has 2 unspecified atom stereocenters. The van der Waals surface area contributed by atoms with Gasteiger partial charge in [0.1, 0.15) is 0 Å². The maximum absolute atomic E-state index is 8.56. The Morgan fingerprint density at radius 3 is 2.17 bits per heavy atom. The van der Waals surface area contributed by atoms with Crippen LogP contribution in [0, 0.1) is 19.9 Å². The fraction of sp³-hybridized carbons (Fsp3) is 0.444. The van der Waals surface area contributed by atoms with Crippen molar-refractivity contribution in [2.24, 2.45) is 0 Å². The molecule has 2 atom stereocenters. The first-order chi connectivity index (χ1) is 10.8. The summed E-state index contributed by atoms with van der Waals surface area (Å²) in [5.41, 5.74) is 3.65. The number of nitrogens with zero attached hydrogens (tertiary/aromatic N) is 2. The molecular weight excluding hydrogens is 484 g/mol. The first-order valence-electron chi connectivity index (χ1n) is 7.56. The maximum atomic E-state index is 8.56. The molecule has 0 bridgehead atoms. The first-order valence-corrected chi connectivity index (χ1v) is 7.56. The van der Waals surface area contributed by atoms with Crippen LogP contribution in [0.15, 0.2) is 24.4 Å². The van der Waals surface area contributed by atoms with Gasteiger partial charge in [-0.15, -0.1) is 29.8 Å². The molecule has 0 aliphatic heterocycles. The van der Waals surface area contributed by atoms with E-state index in [1.165, 1.54) is 0 Å². The quantitative estimate of drug-likeness (QED) is 0.620. The molecular formula is C18H25IrN2O3-. The van der Waals surface area contributed by atoms with Crippen LogP contribution in [0.25, 0.3) is 11.3 Å². The van der Waals surface area contributed by atoms with Crippen LogP contribution in [0.1, 0.15) is 31.7 Å². The van der Waals surface area contributed by atoms with Gasteiger partial charge in [0.25, 0.3) is 0 Å². The Labute approximate surface area is 157 Å². The van der Waals surface area contributed by atoms with E-state index in [4.69, 9.17) is 14.9 Å². The Morgan fingerprint density at radius 1 is 1.17 bits per heavy atom. The smallest absolute Gasteiger partial charge is 0.0647 e. The zero-order valence-electron chi connectivity index (χ0n) is 14.7. The zero-order chi connectivity index (χ0) is 17.4. The van der Waals surface area contributed by atoms with E-state index in [2.05, 4.69) is 16.0 Å². The van der Waals surface area contributed by atoms with E-state index >= 15 is 0 Å². The second kappa shape index (κ2) is 11.3. The van der Waals surface area contributed by atoms with Crippen LogP contribution < -0.4 is 4.74 Å². The Morgan fingerprint density at radius 2 is 1.79 bits per heavy atom. The predicted molar refractivity (Wildman–Crippen MR) is 90.3 cm³/mol. The summed E-state index contributed by atoms with van der Waals surface area (Å²) >= 11 is 0. The Hall–Kier alpha value is -1.33. The molecule has 1 heterocycles. The second-order valence-electron chi connectivity index (χ2n) is 5.52. The molecule has 1 radical (unpaired) electrons. The number of benzene rings is 1. The molecule has 0 fully saturated rings. The molecule has 0 aliphatic rings. The van der Waals surface area contributed by atoms with E-state index in [1.54, 1.807) is 33.2 Å². The van der Waals surface area contributed by atoms with E-state index < -0.39 is 0 Å². The third kappa shape index (κ3) is 7.97. The van der Waals surface area contributed by atoms with Crippen molar-refractivity contribution >= 4 is 0 Å². The number of rotatable bonds is 4. The molecule has 6 heteroatoms. The van der Waals surface area contributed by atoms with Crippen LogP contribution in [-0.2, 0) is 20.1 Å². The summed E-state index contributed by atoms with van der Waals surface area (Å²) in [6, 6.07) is 8.77. The minimum atomic E-state index is -0.375. The average Bonchev–Trinajstić information content (AvgIpc) is 2.47. The molecule has 0 saturated heterocycles. The van der Waals surface area contributed by atoms with Crippen molar-refractivity contribution < 1.29 is 35.1 Å². The van der Waals surface area contributed by atoms with E-state index in [1.807, 2.05) is 26.0 Å². The van der Waals surface area contributed by atoms with Gasteiger partial charge in [-0.1, -0.05) is 0 Å². The fourth-order valence-corrected chi connectivity index (χ4v) is 2.04. The van der Waals surface area contributed by atoms with Gasteiger partial charge in [-0.3, -0.25) is 4.98 Å². The summed E-state index contributed by atoms with van der Waals surface area (Å²) in [6.07, 6.45) is 1.49. The van der Waals surface area contributed by atoms with Gasteiger partial charge in [-0.2, -0.15) is 0 Å². The minimum Gasteiger partial charge on any atom is -0.540 e. The molecule has 2 N–H and O–H groups in total. The van der Waals surface area contributed by atoms with Gasteiger partial charge in [0.2, 0.25) is 0 Å². The van der Waals surface area contributed by atoms with Gasteiger partial charge in [-0.25, -0.2) is 0 Å². The van der Waals surface area contributed by atoms with E-state index in [9.17, 15) is 0 Å². The third-order valence-electron chi connectivity index (χ3n) is 3.02. The third-order valence-corrected chi connectivity index (χ3v) is 3.02. The van der Waals surface area contributed by atoms with Crippen LogP contribution in [0.2, 0.25) is 0 Å². The molecule has 5 nitrogen and oxygen atoms in total. The molecule has 2 aromatic rings. The number of hydrogen-bond acceptors (Lipinski definition) is 5. The van der Waals surface area contributed by atoms with Crippen molar-refractivity contribution in [1.29, 1.82) is 0 Å². The Kier molecular flexibility index (Phi) is 10.6. The normalized spacial score (nSPS) is 12.3. The van der Waals surface area contributed by atoms with Crippen molar-refractivity contribution in [2.75, 3.05) is 7.11 Å². The van der Waals surface area contributed by atoms with Gasteiger partial charge < -0.3 is 19.9 Å². The van der Waals surface area contributed by atoms with Crippen molar-refractivity contribution in [3.63, 3.8) is 0 Å². The molecule has 0 aliphatic carbocycles. The maximum Gasteiger partial charge on any atom is 0.0647 e. The number of ether oxygens (including phenoxy) is 1. The van der Waals surface area contributed by atoms with E-state index in [0.29, 0.717) is 6.42 Å². The topological polar surface area (TPSA) is 75.5 Å². The zero-order valence-corrected chi connectivity index (χ0v) is 17.1. The summed E-state index contributed by atoms with van der Waals surface area (Å²) in [5.74, 6) is 0.793. The summed E-state index contributed by atoms with van der Waals surface area (Å²) in [6.45, 7) is 7.20. The molecule has 24 heavy (non-hydrogen) atoms. The largest absolute Gasteiger partial charge is 0.540 e. The molecule has 1 aromatic heterocycles. The van der Waals surface area contributed by atoms with Gasteiger partial charge in [0.05, 0.1) is 25.0 Å². The molecule has 2 rings (SSSR count). The number of aromatic nitrogens is 2. The summed E-state index contributed by atoms with van der Waals surface area (Å²) in [5, 5.41) is 17.1. The molecule has 0 saturated carbocycles. The molecule has 1 aromatic carbocycles. The predicted octanol–water partition coefficient (Wildman–Crippen LogP) is 2.70. The fourth-order valence-electron chi connectivity index (χ4n) is 2.04. The Balaban J connectivity index is 0.000000570. The number of aryl methyl sites for hydroxylation is 2. The van der Waals surface area contributed by atoms with Gasteiger partial charge in [0.15, 0.2) is 0 Å². The van der Waals surface area contributed by atoms with Crippen LogP contribution in [0.4, 0.5) is 0 Å². The van der Waals surface area contributed by atoms with Crippen LogP contribution >= 0.6 is 0 Å². The summed E-state index contributed by atoms with van der Waals surface area (Å²) < 4.78 is 5.09. The molecule has 0 spiro atoms. The van der Waals surface area contributed by atoms with Crippen LogP contribution in [0.3, 0.4) is 0 Å². The molecule has 0 amide bonds. The standard InChI is InChI=1S/C13H13N2O.C5H12O2.Ir/c1-9-8-14-13(10(2)15-9)11-4-6-12(16-3)7-5-11;1-4(6)3-5(2)7;/h4,6-8H,1-3H3;4-7H,3H2,1-2H3;/q-1;;. The van der Waals surface area contributed by atoms with Crippen molar-refractivity contribution in [3.8, 4) is 17.0 Å². The Bertz CT molecular complexity index is 596. The monoisotopic (exact) mass is 510 g/mol. The number of aliphatic hydroxyl groups is 2. The summed E-state index contributed by atoms with van der Waals surface area (Å²) in [7, 11) is 1.64. The van der Waals surface area contributed by atoms with Gasteiger partial charge in [0, 0.05) is 43.4 Å². The van der Waals surface area contributed by atoms with E-state index in [0.717, 1.165) is 28.4 Å². The number of aliphatic hydroxyl groups excluding tert-OH is 2. The number of hydrogen-bond donors (Lipinski definition) is 2. The molecule has 135 valence electrons. The first kappa shape index (κ1) is 22.7. The summed E-state index contributed by atoms with van der Waals surface area (Å²) in [4.78, 5) is 8.75. The van der Waals surface area contributed by atoms with Crippen LogP contribution in [0.5, 0.6) is 5.75 Å². The number of methoxy groups -OCH3 is 1. The van der Waals surface area contributed by atoms with Gasteiger partial charge in [-0.05, 0) is 34.1 Å². The SMILES string of the molecule is CC(O)CC(C)O.COc1c[c-]c(-c2ncc(C)nc2C)cc1.[Ir]. The van der Waals surface area contributed by atoms with Crippen molar-refractivity contribution in [1.82, 2.24) is 9.97 Å². The van der Waals surface area contributed by atoms with Crippen molar-refractivity contribution in [3.05, 3.63) is 41.9 Å². The van der Waals surface area contributed by atoms with E-state index in [-0.39, 0.29) is 32.3 Å². The van der Waals surface area contributed by atoms with Crippen molar-refractivity contribution in [2.45, 2.75) is 46.3 Å². The van der Waals surface area contributed by atoms with Gasteiger partial charge >= 0.3 is 0 Å². The average molecular weight is 510 g/mol. The van der Waals surface area contributed by atoms with Crippen LogP contribution in [-0.4, -0.2) is 39.5 Å².